The molecule has 7 nitrogen and oxygen atoms in total. The first-order chi connectivity index (χ1) is 16.9. The second-order valence-corrected chi connectivity index (χ2v) is 9.11. The SMILES string of the molecule is C=CCOc1ccc(C2c3c(oc4cc(C)c(C)cc4c3=O)C(=O)N2c2nccs2)cc1OCC. The highest BCUT2D eigenvalue weighted by atomic mass is 32.1. The Balaban J connectivity index is 1.75. The summed E-state index contributed by atoms with van der Waals surface area (Å²) >= 11 is 1.32. The number of aryl methyl sites for hydroxylation is 2. The minimum atomic E-state index is -0.724. The summed E-state index contributed by atoms with van der Waals surface area (Å²) in [6, 6.07) is 8.32. The van der Waals surface area contributed by atoms with Gasteiger partial charge in [0.1, 0.15) is 12.2 Å². The number of aromatic nitrogens is 1. The summed E-state index contributed by atoms with van der Waals surface area (Å²) in [6.45, 7) is 10.2. The molecular formula is C27H24N2O5S. The van der Waals surface area contributed by atoms with Gasteiger partial charge in [-0.25, -0.2) is 4.98 Å². The van der Waals surface area contributed by atoms with E-state index in [2.05, 4.69) is 11.6 Å². The van der Waals surface area contributed by atoms with Gasteiger partial charge in [-0.1, -0.05) is 18.7 Å². The molecule has 0 saturated carbocycles. The van der Waals surface area contributed by atoms with Crippen LogP contribution in [0.2, 0.25) is 0 Å². The summed E-state index contributed by atoms with van der Waals surface area (Å²) in [5.74, 6) is 0.707. The number of fused-ring (bicyclic) bond motifs is 2. The molecule has 2 aromatic heterocycles. The van der Waals surface area contributed by atoms with Crippen molar-refractivity contribution in [3.63, 3.8) is 0 Å². The minimum Gasteiger partial charge on any atom is -0.490 e. The van der Waals surface area contributed by atoms with Crippen LogP contribution >= 0.6 is 11.3 Å². The fourth-order valence-electron chi connectivity index (χ4n) is 4.31. The molecule has 0 fully saturated rings. The molecule has 1 aliphatic heterocycles. The van der Waals surface area contributed by atoms with Gasteiger partial charge >= 0.3 is 0 Å². The Morgan fingerprint density at radius 1 is 1.14 bits per heavy atom. The Morgan fingerprint density at radius 3 is 2.66 bits per heavy atom. The third kappa shape index (κ3) is 3.80. The third-order valence-corrected chi connectivity index (χ3v) is 6.82. The van der Waals surface area contributed by atoms with Crippen LogP contribution in [0.15, 0.2) is 63.8 Å². The Labute approximate surface area is 206 Å². The first kappa shape index (κ1) is 22.9. The topological polar surface area (TPSA) is 81.9 Å². The average Bonchev–Trinajstić information content (AvgIpc) is 3.46. The lowest BCUT2D eigenvalue weighted by Crippen LogP contribution is -2.29. The van der Waals surface area contributed by atoms with E-state index >= 15 is 0 Å². The summed E-state index contributed by atoms with van der Waals surface area (Å²) in [6.07, 6.45) is 3.28. The van der Waals surface area contributed by atoms with E-state index in [4.69, 9.17) is 13.9 Å². The van der Waals surface area contributed by atoms with Crippen molar-refractivity contribution in [1.29, 1.82) is 0 Å². The Kier molecular flexibility index (Phi) is 5.90. The van der Waals surface area contributed by atoms with Gasteiger partial charge in [0.25, 0.3) is 5.91 Å². The maximum Gasteiger partial charge on any atom is 0.297 e. The van der Waals surface area contributed by atoms with Crippen molar-refractivity contribution in [1.82, 2.24) is 4.98 Å². The van der Waals surface area contributed by atoms with Crippen LogP contribution in [0, 0.1) is 13.8 Å². The molecule has 2 aromatic carbocycles. The molecule has 8 heteroatoms. The zero-order valence-electron chi connectivity index (χ0n) is 19.7. The van der Waals surface area contributed by atoms with E-state index in [9.17, 15) is 9.59 Å². The number of ether oxygens (including phenoxy) is 2. The van der Waals surface area contributed by atoms with Crippen LogP contribution in [0.1, 0.15) is 45.8 Å². The van der Waals surface area contributed by atoms with Crippen molar-refractivity contribution in [2.24, 2.45) is 0 Å². The lowest BCUT2D eigenvalue weighted by atomic mass is 9.97. The van der Waals surface area contributed by atoms with Crippen LogP contribution < -0.4 is 19.8 Å². The third-order valence-electron chi connectivity index (χ3n) is 6.05. The van der Waals surface area contributed by atoms with Gasteiger partial charge in [-0.05, 0) is 61.7 Å². The van der Waals surface area contributed by atoms with Gasteiger partial charge in [0.2, 0.25) is 5.76 Å². The number of carbonyl (C=O) groups is 1. The molecule has 1 amide bonds. The largest absolute Gasteiger partial charge is 0.490 e. The summed E-state index contributed by atoms with van der Waals surface area (Å²) in [5, 5.41) is 2.72. The van der Waals surface area contributed by atoms with Gasteiger partial charge in [0, 0.05) is 11.6 Å². The van der Waals surface area contributed by atoms with E-state index in [0.29, 0.717) is 51.9 Å². The molecule has 1 unspecified atom stereocenters. The fourth-order valence-corrected chi connectivity index (χ4v) is 4.97. The lowest BCUT2D eigenvalue weighted by Gasteiger charge is -2.23. The molecule has 0 spiro atoms. The number of amides is 1. The Bertz CT molecular complexity index is 1510. The van der Waals surface area contributed by atoms with Crippen molar-refractivity contribution in [2.75, 3.05) is 18.1 Å². The quantitative estimate of drug-likeness (QED) is 0.316. The van der Waals surface area contributed by atoms with E-state index in [1.54, 1.807) is 35.9 Å². The molecule has 0 saturated heterocycles. The standard InChI is InChI=1S/C27H24N2O5S/c1-5-10-33-19-8-7-17(14-21(19)32-6-2)23-22-24(30)18-12-15(3)16(4)13-20(18)34-25(22)26(31)29(23)27-28-9-11-35-27/h5,7-9,11-14,23H,1,6,10H2,2-4H3. The summed E-state index contributed by atoms with van der Waals surface area (Å²) in [4.78, 5) is 33.3. The van der Waals surface area contributed by atoms with E-state index < -0.39 is 11.9 Å². The first-order valence-corrected chi connectivity index (χ1v) is 12.1. The number of nitrogens with zero attached hydrogens (tertiary/aromatic N) is 2. The maximum atomic E-state index is 13.8. The van der Waals surface area contributed by atoms with Crippen molar-refractivity contribution >= 4 is 33.3 Å². The Morgan fingerprint density at radius 2 is 1.94 bits per heavy atom. The van der Waals surface area contributed by atoms with Gasteiger partial charge in [-0.2, -0.15) is 0 Å². The average molecular weight is 489 g/mol. The van der Waals surface area contributed by atoms with Crippen LogP contribution in [0.25, 0.3) is 11.0 Å². The van der Waals surface area contributed by atoms with Gasteiger partial charge in [-0.15, -0.1) is 11.3 Å². The van der Waals surface area contributed by atoms with Crippen molar-refractivity contribution < 1.29 is 18.7 Å². The highest BCUT2D eigenvalue weighted by Crippen LogP contribution is 2.44. The fraction of sp³-hybridized carbons (Fsp3) is 0.222. The number of hydrogen-bond acceptors (Lipinski definition) is 7. The normalized spacial score (nSPS) is 14.9. The van der Waals surface area contributed by atoms with E-state index in [-0.39, 0.29) is 11.2 Å². The molecule has 4 aromatic rings. The highest BCUT2D eigenvalue weighted by molar-refractivity contribution is 7.13. The second kappa shape index (κ2) is 9.03. The summed E-state index contributed by atoms with van der Waals surface area (Å²) in [5.41, 5.74) is 3.11. The van der Waals surface area contributed by atoms with Gasteiger partial charge in [0.15, 0.2) is 22.1 Å². The second-order valence-electron chi connectivity index (χ2n) is 8.24. The number of anilines is 1. The van der Waals surface area contributed by atoms with Crippen LogP contribution in [-0.4, -0.2) is 24.1 Å². The van der Waals surface area contributed by atoms with Gasteiger partial charge < -0.3 is 13.9 Å². The van der Waals surface area contributed by atoms with Crippen LogP contribution in [-0.2, 0) is 0 Å². The molecule has 0 bridgehead atoms. The zero-order valence-corrected chi connectivity index (χ0v) is 20.5. The molecule has 1 aliphatic rings. The van der Waals surface area contributed by atoms with Crippen molar-refractivity contribution in [3.8, 4) is 11.5 Å². The summed E-state index contributed by atoms with van der Waals surface area (Å²) < 4.78 is 17.7. The zero-order chi connectivity index (χ0) is 24.7. The molecule has 35 heavy (non-hydrogen) atoms. The number of hydrogen-bond donors (Lipinski definition) is 0. The molecular weight excluding hydrogens is 464 g/mol. The number of thiazole rings is 1. The number of benzene rings is 2. The monoisotopic (exact) mass is 488 g/mol. The molecule has 1 atom stereocenters. The highest BCUT2D eigenvalue weighted by Gasteiger charge is 2.45. The molecule has 0 radical (unpaired) electrons. The van der Waals surface area contributed by atoms with E-state index in [1.807, 2.05) is 32.9 Å². The van der Waals surface area contributed by atoms with E-state index in [1.165, 1.54) is 16.2 Å². The first-order valence-electron chi connectivity index (χ1n) is 11.3. The van der Waals surface area contributed by atoms with E-state index in [0.717, 1.165) is 11.1 Å². The van der Waals surface area contributed by atoms with Crippen LogP contribution in [0.3, 0.4) is 0 Å². The molecule has 5 rings (SSSR count). The maximum absolute atomic E-state index is 13.8. The minimum absolute atomic E-state index is 0.0379. The Hall–Kier alpha value is -3.91. The van der Waals surface area contributed by atoms with Gasteiger partial charge in [-0.3, -0.25) is 14.5 Å². The molecule has 0 N–H and O–H groups in total. The molecule has 0 aliphatic carbocycles. The van der Waals surface area contributed by atoms with Crippen molar-refractivity contribution in [3.05, 3.63) is 92.8 Å². The molecule has 3 heterocycles. The predicted molar refractivity (Wildman–Crippen MR) is 136 cm³/mol. The van der Waals surface area contributed by atoms with Crippen molar-refractivity contribution in [2.45, 2.75) is 26.8 Å². The van der Waals surface area contributed by atoms with Gasteiger partial charge in [0.05, 0.1) is 23.6 Å². The number of carbonyl (C=O) groups excluding carboxylic acids is 1. The summed E-state index contributed by atoms with van der Waals surface area (Å²) in [7, 11) is 0. The predicted octanol–water partition coefficient (Wildman–Crippen LogP) is 5.58. The lowest BCUT2D eigenvalue weighted by molar-refractivity contribution is 0.0971. The smallest absolute Gasteiger partial charge is 0.297 e. The van der Waals surface area contributed by atoms with Crippen LogP contribution in [0.4, 0.5) is 5.13 Å². The molecule has 178 valence electrons. The van der Waals surface area contributed by atoms with Crippen LogP contribution in [0.5, 0.6) is 11.5 Å². The number of rotatable bonds is 7.